The van der Waals surface area contributed by atoms with Gasteiger partial charge in [0.15, 0.2) is 0 Å². The third kappa shape index (κ3) is 7.32. The number of carbonyl (C=O) groups is 1. The van der Waals surface area contributed by atoms with E-state index >= 15 is 0 Å². The minimum absolute atomic E-state index is 0.154. The summed E-state index contributed by atoms with van der Waals surface area (Å²) in [5.41, 5.74) is 2.77. The van der Waals surface area contributed by atoms with Crippen LogP contribution in [0, 0.1) is 0 Å². The Bertz CT molecular complexity index is 1660. The van der Waals surface area contributed by atoms with E-state index in [0.29, 0.717) is 39.3 Å². The average molecular weight is 628 g/mol. The first kappa shape index (κ1) is 31.5. The smallest absolute Gasteiger partial charge is 0.263 e. The van der Waals surface area contributed by atoms with Gasteiger partial charge in [0.25, 0.3) is 11.5 Å². The van der Waals surface area contributed by atoms with Crippen LogP contribution in [0.3, 0.4) is 0 Å². The van der Waals surface area contributed by atoms with E-state index in [2.05, 4.69) is 26.9 Å². The van der Waals surface area contributed by atoms with Crippen LogP contribution < -0.4 is 10.9 Å². The van der Waals surface area contributed by atoms with E-state index < -0.39 is 0 Å². The molecule has 6 rings (SSSR count). The lowest BCUT2D eigenvalue weighted by atomic mass is 9.99. The molecule has 9 heteroatoms. The Morgan fingerprint density at radius 1 is 0.822 bits per heavy atom. The lowest BCUT2D eigenvalue weighted by Crippen LogP contribution is -2.49. The van der Waals surface area contributed by atoms with Gasteiger partial charge in [-0.3, -0.25) is 28.9 Å². The number of nitrogens with zero attached hydrogens (tertiary/aromatic N) is 4. The molecule has 3 heterocycles. The zero-order valence-corrected chi connectivity index (χ0v) is 26.7. The molecule has 4 aromatic rings. The topological polar surface area (TPSA) is 70.1 Å². The fraction of sp³-hybridized carbons (Fsp3) is 0.389. The number of carbonyl (C=O) groups excluding carboxylic acids is 1. The molecule has 3 aromatic carbocycles. The quantitative estimate of drug-likeness (QED) is 0.268. The highest BCUT2D eigenvalue weighted by Gasteiger charge is 2.27. The van der Waals surface area contributed by atoms with Gasteiger partial charge in [0, 0.05) is 74.7 Å². The van der Waals surface area contributed by atoms with Gasteiger partial charge in [0.05, 0.1) is 36.2 Å². The number of morpholine rings is 1. The fourth-order valence-corrected chi connectivity index (χ4v) is 6.70. The number of nitrogens with one attached hydrogen (secondary N) is 1. The van der Waals surface area contributed by atoms with Gasteiger partial charge >= 0.3 is 0 Å². The highest BCUT2D eigenvalue weighted by molar-refractivity contribution is 6.30. The first-order valence-electron chi connectivity index (χ1n) is 16.0. The van der Waals surface area contributed by atoms with E-state index in [1.165, 1.54) is 0 Å². The number of hydrogen-bond acceptors (Lipinski definition) is 6. The summed E-state index contributed by atoms with van der Waals surface area (Å²) in [6.45, 7) is 11.8. The standard InChI is InChI=1S/C36H42ClN5O3/c1-2-32(27-9-4-3-5-10-27)38-35(43)34-30-13-6-7-14-31(30)36(44)42(29-12-8-11-28(37)25-29)33(34)26-41-19-17-39(18-20-41)15-16-40-21-23-45-24-22-40/h3-14,25,32H,2,15-24,26H2,1H3,(H,38,43)/t32-/m0/s1. The van der Waals surface area contributed by atoms with Crippen LogP contribution in [-0.2, 0) is 11.3 Å². The normalized spacial score (nSPS) is 17.4. The molecule has 45 heavy (non-hydrogen) atoms. The van der Waals surface area contributed by atoms with Gasteiger partial charge in [-0.2, -0.15) is 0 Å². The second kappa shape index (κ2) is 14.7. The number of pyridine rings is 1. The van der Waals surface area contributed by atoms with E-state index in [1.807, 2.05) is 60.7 Å². The lowest BCUT2D eigenvalue weighted by molar-refractivity contribution is 0.0296. The number of amides is 1. The molecule has 0 bridgehead atoms. The average Bonchev–Trinajstić information content (AvgIpc) is 3.08. The molecule has 236 valence electrons. The first-order valence-corrected chi connectivity index (χ1v) is 16.4. The summed E-state index contributed by atoms with van der Waals surface area (Å²) in [6.07, 6.45) is 0.739. The van der Waals surface area contributed by atoms with Crippen molar-refractivity contribution in [3.8, 4) is 5.69 Å². The Morgan fingerprint density at radius 3 is 2.16 bits per heavy atom. The number of fused-ring (bicyclic) bond motifs is 1. The molecule has 0 spiro atoms. The molecule has 0 aliphatic carbocycles. The number of halogens is 1. The van der Waals surface area contributed by atoms with Crippen LogP contribution in [0.4, 0.5) is 0 Å². The van der Waals surface area contributed by atoms with Gasteiger partial charge in [-0.15, -0.1) is 0 Å². The van der Waals surface area contributed by atoms with Gasteiger partial charge < -0.3 is 10.1 Å². The third-order valence-corrected chi connectivity index (χ3v) is 9.31. The molecule has 0 radical (unpaired) electrons. The molecule has 8 nitrogen and oxygen atoms in total. The van der Waals surface area contributed by atoms with Crippen molar-refractivity contribution in [3.63, 3.8) is 0 Å². The number of piperazine rings is 1. The molecule has 2 saturated heterocycles. The van der Waals surface area contributed by atoms with Gasteiger partial charge in [-0.25, -0.2) is 0 Å². The Morgan fingerprint density at radius 2 is 1.47 bits per heavy atom. The fourth-order valence-electron chi connectivity index (χ4n) is 6.52. The van der Waals surface area contributed by atoms with Crippen molar-refractivity contribution in [2.24, 2.45) is 0 Å². The van der Waals surface area contributed by atoms with Crippen molar-refractivity contribution in [1.82, 2.24) is 24.6 Å². The Hall–Kier alpha value is -3.53. The predicted molar refractivity (Wildman–Crippen MR) is 180 cm³/mol. The molecule has 1 atom stereocenters. The van der Waals surface area contributed by atoms with Crippen molar-refractivity contribution in [2.45, 2.75) is 25.9 Å². The monoisotopic (exact) mass is 627 g/mol. The summed E-state index contributed by atoms with van der Waals surface area (Å²) >= 11 is 6.45. The van der Waals surface area contributed by atoms with Crippen LogP contribution in [0.5, 0.6) is 0 Å². The van der Waals surface area contributed by atoms with Crippen LogP contribution >= 0.6 is 11.6 Å². The third-order valence-electron chi connectivity index (χ3n) is 9.07. The van der Waals surface area contributed by atoms with Crippen LogP contribution in [0.2, 0.25) is 5.02 Å². The van der Waals surface area contributed by atoms with Gasteiger partial charge in [-0.05, 0) is 36.2 Å². The summed E-state index contributed by atoms with van der Waals surface area (Å²) in [4.78, 5) is 36.0. The first-order chi connectivity index (χ1) is 22.0. The van der Waals surface area contributed by atoms with Crippen molar-refractivity contribution in [1.29, 1.82) is 0 Å². The SMILES string of the molecule is CC[C@H](NC(=O)c1c(CN2CCN(CCN3CCOCC3)CC2)n(-c2cccc(Cl)c2)c(=O)c2ccccc12)c1ccccc1. The van der Waals surface area contributed by atoms with Gasteiger partial charge in [0.2, 0.25) is 0 Å². The molecule has 2 fully saturated rings. The maximum absolute atomic E-state index is 14.4. The minimum Gasteiger partial charge on any atom is -0.379 e. The molecule has 1 N–H and O–H groups in total. The highest BCUT2D eigenvalue weighted by atomic mass is 35.5. The second-order valence-corrected chi connectivity index (χ2v) is 12.3. The van der Waals surface area contributed by atoms with E-state index in [9.17, 15) is 9.59 Å². The molecule has 0 unspecified atom stereocenters. The molecule has 2 aliphatic rings. The zero-order valence-electron chi connectivity index (χ0n) is 26.0. The molecule has 1 amide bonds. The molecular formula is C36H42ClN5O3. The van der Waals surface area contributed by atoms with Crippen LogP contribution in [0.15, 0.2) is 83.7 Å². The summed E-state index contributed by atoms with van der Waals surface area (Å²) in [5.74, 6) is -0.183. The van der Waals surface area contributed by atoms with Gasteiger partial charge in [-0.1, -0.05) is 73.1 Å². The summed E-state index contributed by atoms with van der Waals surface area (Å²) in [6, 6.07) is 24.7. The maximum atomic E-state index is 14.4. The minimum atomic E-state index is -0.183. The summed E-state index contributed by atoms with van der Waals surface area (Å²) in [7, 11) is 0. The molecule has 2 aliphatic heterocycles. The number of benzene rings is 3. The highest BCUT2D eigenvalue weighted by Crippen LogP contribution is 2.27. The van der Waals surface area contributed by atoms with Gasteiger partial charge in [0.1, 0.15) is 0 Å². The predicted octanol–water partition coefficient (Wildman–Crippen LogP) is 4.98. The Balaban J connectivity index is 1.35. The number of rotatable bonds is 10. The summed E-state index contributed by atoms with van der Waals surface area (Å²) in [5, 5.41) is 5.02. The number of hydrogen-bond donors (Lipinski definition) is 1. The van der Waals surface area contributed by atoms with Crippen molar-refractivity contribution in [2.75, 3.05) is 65.6 Å². The Labute approximate surface area is 270 Å². The van der Waals surface area contributed by atoms with E-state index in [4.69, 9.17) is 16.3 Å². The van der Waals surface area contributed by atoms with Crippen molar-refractivity contribution < 1.29 is 9.53 Å². The van der Waals surface area contributed by atoms with Crippen molar-refractivity contribution in [3.05, 3.63) is 111 Å². The van der Waals surface area contributed by atoms with Crippen LogP contribution in [0.1, 0.15) is 41.0 Å². The number of ether oxygens (including phenoxy) is 1. The van der Waals surface area contributed by atoms with Crippen LogP contribution in [0.25, 0.3) is 16.5 Å². The molecule has 1 aromatic heterocycles. The van der Waals surface area contributed by atoms with E-state index in [1.54, 1.807) is 22.8 Å². The molecule has 0 saturated carbocycles. The van der Waals surface area contributed by atoms with Crippen molar-refractivity contribution >= 4 is 28.3 Å². The van der Waals surface area contributed by atoms with Crippen LogP contribution in [-0.4, -0.2) is 90.7 Å². The van der Waals surface area contributed by atoms with E-state index in [-0.39, 0.29) is 17.5 Å². The number of aromatic nitrogens is 1. The van der Waals surface area contributed by atoms with E-state index in [0.717, 1.165) is 77.6 Å². The Kier molecular flexibility index (Phi) is 10.3. The largest absolute Gasteiger partial charge is 0.379 e. The maximum Gasteiger partial charge on any atom is 0.263 e. The molecular weight excluding hydrogens is 586 g/mol. The zero-order chi connectivity index (χ0) is 31.2. The summed E-state index contributed by atoms with van der Waals surface area (Å²) < 4.78 is 7.21. The second-order valence-electron chi connectivity index (χ2n) is 11.9. The lowest BCUT2D eigenvalue weighted by Gasteiger charge is -2.37.